The van der Waals surface area contributed by atoms with Gasteiger partial charge in [0.15, 0.2) is 0 Å². The summed E-state index contributed by atoms with van der Waals surface area (Å²) >= 11 is 0. The van der Waals surface area contributed by atoms with Crippen molar-refractivity contribution in [3.63, 3.8) is 0 Å². The predicted molar refractivity (Wildman–Crippen MR) is 57.5 cm³/mol. The third-order valence-electron chi connectivity index (χ3n) is 2.30. The van der Waals surface area contributed by atoms with Gasteiger partial charge in [0.1, 0.15) is 0 Å². The van der Waals surface area contributed by atoms with E-state index in [1.165, 1.54) is 0 Å². The number of nitrogens with one attached hydrogen (secondary N) is 1. The third-order valence-corrected chi connectivity index (χ3v) is 2.30. The van der Waals surface area contributed by atoms with Crippen LogP contribution in [0.25, 0.3) is 0 Å². The van der Waals surface area contributed by atoms with E-state index in [4.69, 9.17) is 9.47 Å². The summed E-state index contributed by atoms with van der Waals surface area (Å²) in [6, 6.07) is 0. The highest BCUT2D eigenvalue weighted by molar-refractivity contribution is 4.77. The minimum Gasteiger partial charge on any atom is -0.376 e. The molecule has 1 N–H and O–H groups in total. The highest BCUT2D eigenvalue weighted by Gasteiger charge is 2.24. The molecule has 0 saturated carbocycles. The van der Waals surface area contributed by atoms with Crippen LogP contribution < -0.4 is 5.32 Å². The van der Waals surface area contributed by atoms with Gasteiger partial charge in [-0.25, -0.2) is 0 Å². The zero-order chi connectivity index (χ0) is 10.6. The van der Waals surface area contributed by atoms with Crippen LogP contribution in [0.1, 0.15) is 27.7 Å². The van der Waals surface area contributed by atoms with E-state index in [1.54, 1.807) is 0 Å². The van der Waals surface area contributed by atoms with E-state index < -0.39 is 0 Å². The van der Waals surface area contributed by atoms with Gasteiger partial charge in [-0.2, -0.15) is 0 Å². The molecule has 1 fully saturated rings. The minimum absolute atomic E-state index is 0.208. The molecular weight excluding hydrogens is 178 g/mol. The standard InChI is InChI=1S/C11H23NO2/c1-9(2)13-6-10-5-12-7-11(3,4)8-14-10/h9-10,12H,5-8H2,1-4H3/t10-/m0/s1. The van der Waals surface area contributed by atoms with E-state index >= 15 is 0 Å². The summed E-state index contributed by atoms with van der Waals surface area (Å²) < 4.78 is 11.3. The van der Waals surface area contributed by atoms with Gasteiger partial charge in [0.25, 0.3) is 0 Å². The molecule has 0 amide bonds. The van der Waals surface area contributed by atoms with Crippen LogP contribution in [0.5, 0.6) is 0 Å². The van der Waals surface area contributed by atoms with E-state index in [2.05, 4.69) is 19.2 Å². The second kappa shape index (κ2) is 5.10. The van der Waals surface area contributed by atoms with Gasteiger partial charge in [-0.1, -0.05) is 13.8 Å². The lowest BCUT2D eigenvalue weighted by Crippen LogP contribution is -2.32. The van der Waals surface area contributed by atoms with E-state index in [0.29, 0.717) is 6.61 Å². The van der Waals surface area contributed by atoms with Crippen LogP contribution in [0.3, 0.4) is 0 Å². The fourth-order valence-electron chi connectivity index (χ4n) is 1.43. The molecule has 0 spiro atoms. The van der Waals surface area contributed by atoms with E-state index in [0.717, 1.165) is 19.7 Å². The molecule has 1 heterocycles. The molecule has 0 radical (unpaired) electrons. The van der Waals surface area contributed by atoms with Crippen molar-refractivity contribution in [2.24, 2.45) is 5.41 Å². The SMILES string of the molecule is CC(C)OC[C@@H]1CNCC(C)(C)CO1. The Morgan fingerprint density at radius 1 is 1.50 bits per heavy atom. The molecule has 1 rings (SSSR count). The Hall–Kier alpha value is -0.120. The Balaban J connectivity index is 2.28. The summed E-state index contributed by atoms with van der Waals surface area (Å²) in [5, 5.41) is 3.41. The fourth-order valence-corrected chi connectivity index (χ4v) is 1.43. The van der Waals surface area contributed by atoms with Gasteiger partial charge in [0, 0.05) is 18.5 Å². The van der Waals surface area contributed by atoms with Crippen LogP contribution in [0.4, 0.5) is 0 Å². The van der Waals surface area contributed by atoms with Crippen molar-refractivity contribution >= 4 is 0 Å². The Kier molecular flexibility index (Phi) is 4.35. The van der Waals surface area contributed by atoms with Crippen molar-refractivity contribution in [3.05, 3.63) is 0 Å². The summed E-state index contributed by atoms with van der Waals surface area (Å²) in [7, 11) is 0. The molecule has 0 aliphatic carbocycles. The second-order valence-corrected chi connectivity index (χ2v) is 5.11. The second-order valence-electron chi connectivity index (χ2n) is 5.11. The summed E-state index contributed by atoms with van der Waals surface area (Å²) in [5.74, 6) is 0. The molecule has 3 nitrogen and oxygen atoms in total. The van der Waals surface area contributed by atoms with E-state index in [9.17, 15) is 0 Å². The van der Waals surface area contributed by atoms with Gasteiger partial charge < -0.3 is 14.8 Å². The molecule has 1 saturated heterocycles. The first-order valence-corrected chi connectivity index (χ1v) is 5.43. The Morgan fingerprint density at radius 3 is 2.86 bits per heavy atom. The Morgan fingerprint density at radius 2 is 2.21 bits per heavy atom. The van der Waals surface area contributed by atoms with Crippen LogP contribution in [0.15, 0.2) is 0 Å². The predicted octanol–water partition coefficient (Wildman–Crippen LogP) is 1.43. The van der Waals surface area contributed by atoms with Crippen molar-refractivity contribution in [1.82, 2.24) is 5.32 Å². The van der Waals surface area contributed by atoms with Gasteiger partial charge in [-0.05, 0) is 13.8 Å². The molecule has 0 bridgehead atoms. The van der Waals surface area contributed by atoms with Gasteiger partial charge in [-0.3, -0.25) is 0 Å². The van der Waals surface area contributed by atoms with Gasteiger partial charge in [0.05, 0.1) is 25.4 Å². The van der Waals surface area contributed by atoms with Crippen LogP contribution in [-0.4, -0.2) is 38.5 Å². The van der Waals surface area contributed by atoms with E-state index in [1.807, 2.05) is 13.8 Å². The van der Waals surface area contributed by atoms with Crippen molar-refractivity contribution in [2.45, 2.75) is 39.9 Å². The molecule has 3 heteroatoms. The quantitative estimate of drug-likeness (QED) is 0.749. The molecule has 0 unspecified atom stereocenters. The monoisotopic (exact) mass is 201 g/mol. The van der Waals surface area contributed by atoms with E-state index in [-0.39, 0.29) is 17.6 Å². The van der Waals surface area contributed by atoms with Crippen molar-refractivity contribution in [2.75, 3.05) is 26.3 Å². The first-order chi connectivity index (χ1) is 6.49. The molecule has 0 aromatic heterocycles. The molecular formula is C11H23NO2. The number of ether oxygens (including phenoxy) is 2. The van der Waals surface area contributed by atoms with Gasteiger partial charge in [-0.15, -0.1) is 0 Å². The minimum atomic E-state index is 0.208. The van der Waals surface area contributed by atoms with Crippen molar-refractivity contribution in [3.8, 4) is 0 Å². The fraction of sp³-hybridized carbons (Fsp3) is 1.00. The summed E-state index contributed by atoms with van der Waals surface area (Å²) in [6.45, 7) is 12.0. The highest BCUT2D eigenvalue weighted by atomic mass is 16.5. The van der Waals surface area contributed by atoms with Crippen molar-refractivity contribution in [1.29, 1.82) is 0 Å². The smallest absolute Gasteiger partial charge is 0.0932 e. The van der Waals surface area contributed by atoms with Crippen LogP contribution in [0, 0.1) is 5.41 Å². The lowest BCUT2D eigenvalue weighted by molar-refractivity contribution is -0.0423. The largest absolute Gasteiger partial charge is 0.376 e. The summed E-state index contributed by atoms with van der Waals surface area (Å²) in [5.41, 5.74) is 0.243. The van der Waals surface area contributed by atoms with Crippen molar-refractivity contribution < 1.29 is 9.47 Å². The normalized spacial score (nSPS) is 27.6. The summed E-state index contributed by atoms with van der Waals surface area (Å²) in [4.78, 5) is 0. The molecule has 1 aliphatic rings. The molecule has 1 aliphatic heterocycles. The molecule has 1 atom stereocenters. The third kappa shape index (κ3) is 4.40. The Bertz CT molecular complexity index is 169. The maximum absolute atomic E-state index is 5.78. The zero-order valence-electron chi connectivity index (χ0n) is 9.80. The lowest BCUT2D eigenvalue weighted by Gasteiger charge is -2.21. The molecule has 14 heavy (non-hydrogen) atoms. The summed E-state index contributed by atoms with van der Waals surface area (Å²) in [6.07, 6.45) is 0.494. The maximum atomic E-state index is 5.78. The average molecular weight is 201 g/mol. The number of rotatable bonds is 3. The average Bonchev–Trinajstić information content (AvgIpc) is 2.23. The zero-order valence-corrected chi connectivity index (χ0v) is 9.80. The number of hydrogen-bond donors (Lipinski definition) is 1. The first-order valence-electron chi connectivity index (χ1n) is 5.43. The lowest BCUT2D eigenvalue weighted by atomic mass is 9.95. The maximum Gasteiger partial charge on any atom is 0.0932 e. The van der Waals surface area contributed by atoms with Gasteiger partial charge >= 0.3 is 0 Å². The molecule has 84 valence electrons. The van der Waals surface area contributed by atoms with Crippen LogP contribution in [0.2, 0.25) is 0 Å². The first kappa shape index (κ1) is 12.0. The van der Waals surface area contributed by atoms with Crippen LogP contribution >= 0.6 is 0 Å². The Labute approximate surface area is 87.2 Å². The molecule has 0 aromatic rings. The van der Waals surface area contributed by atoms with Crippen LogP contribution in [-0.2, 0) is 9.47 Å². The number of hydrogen-bond acceptors (Lipinski definition) is 3. The van der Waals surface area contributed by atoms with Gasteiger partial charge in [0.2, 0.25) is 0 Å². The highest BCUT2D eigenvalue weighted by Crippen LogP contribution is 2.17. The molecule has 0 aromatic carbocycles. The topological polar surface area (TPSA) is 30.5 Å².